The van der Waals surface area contributed by atoms with Crippen LogP contribution in [0, 0.1) is 5.82 Å². The van der Waals surface area contributed by atoms with Gasteiger partial charge in [-0.1, -0.05) is 23.7 Å². The maximum absolute atomic E-state index is 13.0. The SMILES string of the molecule is CN(c1ccc(F)cc1)c1nnc(-c2ccccc2Cl)n1C. The Morgan fingerprint density at radius 1 is 1.05 bits per heavy atom. The third kappa shape index (κ3) is 2.55. The molecule has 4 nitrogen and oxygen atoms in total. The molecular formula is C16H14ClFN4. The van der Waals surface area contributed by atoms with E-state index in [9.17, 15) is 4.39 Å². The topological polar surface area (TPSA) is 34.0 Å². The zero-order valence-electron chi connectivity index (χ0n) is 12.2. The predicted molar refractivity (Wildman–Crippen MR) is 85.9 cm³/mol. The third-order valence-corrected chi connectivity index (χ3v) is 3.81. The van der Waals surface area contributed by atoms with Crippen molar-refractivity contribution in [3.8, 4) is 11.4 Å². The lowest BCUT2D eigenvalue weighted by Crippen LogP contribution is -2.14. The maximum Gasteiger partial charge on any atom is 0.231 e. The van der Waals surface area contributed by atoms with Crippen molar-refractivity contribution in [3.63, 3.8) is 0 Å². The molecule has 0 fully saturated rings. The lowest BCUT2D eigenvalue weighted by molar-refractivity contribution is 0.628. The first-order chi connectivity index (χ1) is 10.6. The molecule has 1 heterocycles. The Kier molecular flexibility index (Phi) is 3.81. The normalized spacial score (nSPS) is 10.7. The van der Waals surface area contributed by atoms with Crippen LogP contribution < -0.4 is 4.90 Å². The van der Waals surface area contributed by atoms with Gasteiger partial charge in [-0.15, -0.1) is 10.2 Å². The fourth-order valence-corrected chi connectivity index (χ4v) is 2.49. The number of nitrogens with zero attached hydrogens (tertiary/aromatic N) is 4. The Bertz CT molecular complexity index is 798. The summed E-state index contributed by atoms with van der Waals surface area (Å²) < 4.78 is 14.9. The minimum absolute atomic E-state index is 0.271. The van der Waals surface area contributed by atoms with E-state index in [4.69, 9.17) is 11.6 Å². The highest BCUT2D eigenvalue weighted by Gasteiger charge is 2.16. The van der Waals surface area contributed by atoms with Crippen LogP contribution in [0.25, 0.3) is 11.4 Å². The molecule has 0 aliphatic rings. The summed E-state index contributed by atoms with van der Waals surface area (Å²) in [6.07, 6.45) is 0. The van der Waals surface area contributed by atoms with Crippen molar-refractivity contribution < 1.29 is 4.39 Å². The number of hydrogen-bond acceptors (Lipinski definition) is 3. The van der Waals surface area contributed by atoms with Crippen LogP contribution in [0.15, 0.2) is 48.5 Å². The van der Waals surface area contributed by atoms with Crippen LogP contribution in [0.3, 0.4) is 0 Å². The highest BCUT2D eigenvalue weighted by Crippen LogP contribution is 2.29. The molecule has 2 aromatic carbocycles. The molecule has 22 heavy (non-hydrogen) atoms. The Morgan fingerprint density at radius 3 is 2.41 bits per heavy atom. The van der Waals surface area contributed by atoms with Crippen molar-refractivity contribution in [2.45, 2.75) is 0 Å². The van der Waals surface area contributed by atoms with Gasteiger partial charge in [0.05, 0.1) is 5.02 Å². The Morgan fingerprint density at radius 2 is 1.73 bits per heavy atom. The van der Waals surface area contributed by atoms with Crippen LogP contribution in [-0.2, 0) is 7.05 Å². The Balaban J connectivity index is 2.00. The molecule has 0 atom stereocenters. The highest BCUT2D eigenvalue weighted by atomic mass is 35.5. The summed E-state index contributed by atoms with van der Waals surface area (Å²) in [4.78, 5) is 1.84. The lowest BCUT2D eigenvalue weighted by atomic mass is 10.2. The van der Waals surface area contributed by atoms with E-state index in [1.807, 2.05) is 47.8 Å². The molecule has 112 valence electrons. The van der Waals surface area contributed by atoms with Crippen LogP contribution in [-0.4, -0.2) is 21.8 Å². The quantitative estimate of drug-likeness (QED) is 0.731. The molecule has 0 saturated carbocycles. The second kappa shape index (κ2) is 5.77. The molecular weight excluding hydrogens is 303 g/mol. The molecule has 0 aliphatic carbocycles. The fraction of sp³-hybridized carbons (Fsp3) is 0.125. The summed E-state index contributed by atoms with van der Waals surface area (Å²) in [5.41, 5.74) is 1.64. The first-order valence-corrected chi connectivity index (χ1v) is 7.09. The smallest absolute Gasteiger partial charge is 0.231 e. The average molecular weight is 317 g/mol. The largest absolute Gasteiger partial charge is 0.314 e. The number of anilines is 2. The second-order valence-corrected chi connectivity index (χ2v) is 5.31. The van der Waals surface area contributed by atoms with Crippen LogP contribution >= 0.6 is 11.6 Å². The average Bonchev–Trinajstić information content (AvgIpc) is 2.89. The molecule has 1 aromatic heterocycles. The monoisotopic (exact) mass is 316 g/mol. The van der Waals surface area contributed by atoms with E-state index in [0.29, 0.717) is 16.8 Å². The third-order valence-electron chi connectivity index (χ3n) is 3.48. The molecule has 0 spiro atoms. The molecule has 0 saturated heterocycles. The highest BCUT2D eigenvalue weighted by molar-refractivity contribution is 6.33. The molecule has 3 rings (SSSR count). The maximum atomic E-state index is 13.0. The summed E-state index contributed by atoms with van der Waals surface area (Å²) in [6, 6.07) is 13.7. The molecule has 0 bridgehead atoms. The standard InChI is InChI=1S/C16H14ClFN4/c1-21(12-9-7-11(18)8-10-12)16-20-19-15(22(16)2)13-5-3-4-6-14(13)17/h3-10H,1-2H3. The van der Waals surface area contributed by atoms with E-state index >= 15 is 0 Å². The van der Waals surface area contributed by atoms with E-state index in [2.05, 4.69) is 10.2 Å². The summed E-state index contributed by atoms with van der Waals surface area (Å²) >= 11 is 6.22. The number of hydrogen-bond donors (Lipinski definition) is 0. The Labute approximate surface area is 132 Å². The van der Waals surface area contributed by atoms with Crippen molar-refractivity contribution >= 4 is 23.2 Å². The first-order valence-electron chi connectivity index (χ1n) is 6.71. The van der Waals surface area contributed by atoms with Gasteiger partial charge in [0.2, 0.25) is 5.95 Å². The van der Waals surface area contributed by atoms with Crippen molar-refractivity contribution in [2.24, 2.45) is 7.05 Å². The second-order valence-electron chi connectivity index (χ2n) is 4.90. The van der Waals surface area contributed by atoms with Crippen molar-refractivity contribution in [2.75, 3.05) is 11.9 Å². The van der Waals surface area contributed by atoms with Crippen molar-refractivity contribution in [3.05, 3.63) is 59.4 Å². The molecule has 0 aliphatic heterocycles. The summed E-state index contributed by atoms with van der Waals surface area (Å²) in [7, 11) is 3.72. The van der Waals surface area contributed by atoms with Crippen LogP contribution in [0.1, 0.15) is 0 Å². The molecule has 0 N–H and O–H groups in total. The number of benzene rings is 2. The molecule has 6 heteroatoms. The summed E-state index contributed by atoms with van der Waals surface area (Å²) in [5.74, 6) is 1.04. The zero-order chi connectivity index (χ0) is 15.7. The van der Waals surface area contributed by atoms with E-state index < -0.39 is 0 Å². The van der Waals surface area contributed by atoms with Gasteiger partial charge in [-0.25, -0.2) is 4.39 Å². The van der Waals surface area contributed by atoms with Gasteiger partial charge >= 0.3 is 0 Å². The van der Waals surface area contributed by atoms with Gasteiger partial charge in [-0.05, 0) is 36.4 Å². The van der Waals surface area contributed by atoms with Gasteiger partial charge in [0.15, 0.2) is 5.82 Å². The molecule has 0 amide bonds. The van der Waals surface area contributed by atoms with Crippen molar-refractivity contribution in [1.29, 1.82) is 0 Å². The van der Waals surface area contributed by atoms with Gasteiger partial charge in [-0.3, -0.25) is 4.57 Å². The summed E-state index contributed by atoms with van der Waals surface area (Å²) in [6.45, 7) is 0. The zero-order valence-corrected chi connectivity index (χ0v) is 12.9. The summed E-state index contributed by atoms with van der Waals surface area (Å²) in [5, 5.41) is 9.06. The molecule has 3 aromatic rings. The van der Waals surface area contributed by atoms with E-state index in [-0.39, 0.29) is 5.82 Å². The fourth-order valence-electron chi connectivity index (χ4n) is 2.27. The van der Waals surface area contributed by atoms with Crippen LogP contribution in [0.5, 0.6) is 0 Å². The van der Waals surface area contributed by atoms with Crippen molar-refractivity contribution in [1.82, 2.24) is 14.8 Å². The first kappa shape index (κ1) is 14.5. The van der Waals surface area contributed by atoms with Gasteiger partial charge < -0.3 is 4.90 Å². The van der Waals surface area contributed by atoms with Gasteiger partial charge in [0, 0.05) is 25.3 Å². The number of aromatic nitrogens is 3. The lowest BCUT2D eigenvalue weighted by Gasteiger charge is -2.18. The van der Waals surface area contributed by atoms with Gasteiger partial charge in [-0.2, -0.15) is 0 Å². The number of rotatable bonds is 3. The van der Waals surface area contributed by atoms with E-state index in [1.165, 1.54) is 12.1 Å². The van der Waals surface area contributed by atoms with E-state index in [1.54, 1.807) is 12.1 Å². The molecule has 0 unspecified atom stereocenters. The molecule has 0 radical (unpaired) electrons. The predicted octanol–water partition coefficient (Wildman–Crippen LogP) is 4.04. The van der Waals surface area contributed by atoms with Gasteiger partial charge in [0.1, 0.15) is 5.82 Å². The Hall–Kier alpha value is -2.40. The van der Waals surface area contributed by atoms with Crippen LogP contribution in [0.2, 0.25) is 5.02 Å². The van der Waals surface area contributed by atoms with E-state index in [0.717, 1.165) is 11.3 Å². The van der Waals surface area contributed by atoms with Crippen LogP contribution in [0.4, 0.5) is 16.0 Å². The number of halogens is 2. The minimum Gasteiger partial charge on any atom is -0.314 e. The van der Waals surface area contributed by atoms with Gasteiger partial charge in [0.25, 0.3) is 0 Å². The minimum atomic E-state index is -0.271.